The summed E-state index contributed by atoms with van der Waals surface area (Å²) >= 11 is 0. The summed E-state index contributed by atoms with van der Waals surface area (Å²) in [7, 11) is 0. The van der Waals surface area contributed by atoms with Gasteiger partial charge in [-0.1, -0.05) is 181 Å². The predicted molar refractivity (Wildman–Crippen MR) is 346 cm³/mol. The number of hydrogen-bond acceptors (Lipinski definition) is 26. The third-order valence-electron chi connectivity index (χ3n) is 19.7. The number of rotatable bonds is 34. The van der Waals surface area contributed by atoms with Crippen molar-refractivity contribution in [3.63, 3.8) is 0 Å². The Hall–Kier alpha value is -2.39. The second-order valence-corrected chi connectivity index (χ2v) is 27.7. The molecule has 6 rings (SSSR count). The lowest BCUT2D eigenvalue weighted by Crippen LogP contribution is -2.68. The van der Waals surface area contributed by atoms with Gasteiger partial charge in [-0.05, 0) is 52.9 Å². The van der Waals surface area contributed by atoms with Crippen molar-refractivity contribution in [1.29, 1.82) is 0 Å². The normalized spacial score (nSPS) is 38.5. The third kappa shape index (κ3) is 25.2. The van der Waals surface area contributed by atoms with Gasteiger partial charge in [-0.25, -0.2) is 0 Å². The first-order valence-electron chi connectivity index (χ1n) is 37.1. The van der Waals surface area contributed by atoms with Crippen LogP contribution in [0, 0.1) is 0 Å². The molecule has 10 N–H and O–H groups in total. The van der Waals surface area contributed by atoms with E-state index in [0.29, 0.717) is 38.5 Å². The molecular weight excluding hydrogens is 1260 g/mol. The van der Waals surface area contributed by atoms with E-state index in [1.54, 1.807) is 0 Å². The molecule has 0 aromatic rings. The zero-order chi connectivity index (χ0) is 69.7. The van der Waals surface area contributed by atoms with Gasteiger partial charge in [0.1, 0.15) is 85.5 Å². The lowest BCUT2D eigenvalue weighted by atomic mass is 9.95. The van der Waals surface area contributed by atoms with Gasteiger partial charge < -0.3 is 113 Å². The van der Waals surface area contributed by atoms with E-state index in [0.717, 1.165) is 128 Å². The van der Waals surface area contributed by atoms with Crippen molar-refractivity contribution in [2.75, 3.05) is 13.2 Å². The molecule has 0 bridgehead atoms. The van der Waals surface area contributed by atoms with E-state index >= 15 is 0 Å². The number of ether oxygens (including phenoxy) is 13. The van der Waals surface area contributed by atoms with Crippen LogP contribution in [0.15, 0.2) is 0 Å². The van der Waals surface area contributed by atoms with Crippen molar-refractivity contribution in [1.82, 2.24) is 0 Å². The molecule has 0 aliphatic carbocycles. The Kier molecular flexibility index (Phi) is 38.0. The third-order valence-corrected chi connectivity index (χ3v) is 19.7. The maximum atomic E-state index is 14.4. The van der Waals surface area contributed by atoms with Gasteiger partial charge in [-0.3, -0.25) is 14.4 Å². The second-order valence-electron chi connectivity index (χ2n) is 27.7. The molecule has 0 saturated carbocycles. The molecule has 6 saturated heterocycles. The standard InChI is InChI=1S/C70H124O26/c1-7-10-13-15-17-19-23-27-32-37-48(73)90-59-42(4)84-66(57(82)55(59)80)94-61-44(6)86-70(65(92-50(75)39-34-28-24-20-18-16-14-11-8-2)64(61)96-67-56(81)53(78)51(76)46(40-71)88-67)93-60-43(5)85-68-63(58(60)83)91-49(74)38-33-29-25-21-22-26-31-36-45(35-30-12-9-3)87-69-62(95-68)54(79)52(77)47(41-72)89-69/h42-47,51-72,76-83H,7-41H2,1-6H3. The van der Waals surface area contributed by atoms with Gasteiger partial charge in [0.2, 0.25) is 0 Å². The van der Waals surface area contributed by atoms with E-state index in [2.05, 4.69) is 20.8 Å². The summed E-state index contributed by atoms with van der Waals surface area (Å²) in [6.07, 6.45) is -14.1. The molecule has 0 spiro atoms. The van der Waals surface area contributed by atoms with Crippen LogP contribution in [0.4, 0.5) is 0 Å². The van der Waals surface area contributed by atoms with E-state index in [1.165, 1.54) is 46.5 Å². The summed E-state index contributed by atoms with van der Waals surface area (Å²) < 4.78 is 82.4. The minimum absolute atomic E-state index is 0.0622. The van der Waals surface area contributed by atoms with Crippen LogP contribution < -0.4 is 0 Å². The molecule has 6 fully saturated rings. The molecule has 6 heterocycles. The molecule has 26 atom stereocenters. The molecule has 26 unspecified atom stereocenters. The van der Waals surface area contributed by atoms with E-state index in [1.807, 2.05) is 0 Å². The highest BCUT2D eigenvalue weighted by molar-refractivity contribution is 5.70. The van der Waals surface area contributed by atoms with Gasteiger partial charge in [-0.2, -0.15) is 0 Å². The second kappa shape index (κ2) is 44.2. The van der Waals surface area contributed by atoms with Gasteiger partial charge in [-0.15, -0.1) is 0 Å². The highest BCUT2D eigenvalue weighted by Crippen LogP contribution is 2.40. The first-order chi connectivity index (χ1) is 46.3. The zero-order valence-corrected chi connectivity index (χ0v) is 58.3. The van der Waals surface area contributed by atoms with Crippen LogP contribution in [-0.4, -0.2) is 242 Å². The van der Waals surface area contributed by atoms with Crippen LogP contribution in [0.2, 0.25) is 0 Å². The molecule has 26 heteroatoms. The van der Waals surface area contributed by atoms with Crippen LogP contribution in [0.5, 0.6) is 0 Å². The number of fused-ring (bicyclic) bond motifs is 2. The fourth-order valence-corrected chi connectivity index (χ4v) is 13.8. The highest BCUT2D eigenvalue weighted by atomic mass is 16.8. The number of carbonyl (C=O) groups excluding carboxylic acids is 3. The summed E-state index contributed by atoms with van der Waals surface area (Å²) in [4.78, 5) is 41.6. The van der Waals surface area contributed by atoms with Gasteiger partial charge in [0.25, 0.3) is 0 Å². The number of esters is 3. The van der Waals surface area contributed by atoms with Gasteiger partial charge in [0, 0.05) is 19.3 Å². The van der Waals surface area contributed by atoms with Crippen LogP contribution in [-0.2, 0) is 76.0 Å². The van der Waals surface area contributed by atoms with Crippen molar-refractivity contribution < 1.29 is 127 Å². The minimum Gasteiger partial charge on any atom is -0.457 e. The van der Waals surface area contributed by atoms with Crippen LogP contribution in [0.25, 0.3) is 0 Å². The Morgan fingerprint density at radius 2 is 0.844 bits per heavy atom. The first-order valence-corrected chi connectivity index (χ1v) is 37.1. The number of carbonyl (C=O) groups is 3. The molecular formula is C70H124O26. The fraction of sp³-hybridized carbons (Fsp3) is 0.957. The molecule has 0 radical (unpaired) electrons. The summed E-state index contributed by atoms with van der Waals surface area (Å²) in [5.74, 6) is -2.12. The average molecular weight is 1380 g/mol. The Morgan fingerprint density at radius 3 is 1.44 bits per heavy atom. The number of aliphatic hydroxyl groups excluding tert-OH is 10. The first kappa shape index (κ1) is 82.6. The van der Waals surface area contributed by atoms with E-state index < -0.39 is 185 Å². The number of hydrogen-bond donors (Lipinski definition) is 10. The number of aliphatic hydroxyl groups is 10. The van der Waals surface area contributed by atoms with Crippen molar-refractivity contribution in [2.24, 2.45) is 0 Å². The lowest BCUT2D eigenvalue weighted by molar-refractivity contribution is -0.400. The minimum atomic E-state index is -2.03. The van der Waals surface area contributed by atoms with E-state index in [4.69, 9.17) is 61.6 Å². The van der Waals surface area contributed by atoms with Crippen molar-refractivity contribution in [2.45, 2.75) is 413 Å². The Bertz CT molecular complexity index is 2130. The molecule has 6 aliphatic heterocycles. The zero-order valence-electron chi connectivity index (χ0n) is 58.3. The monoisotopic (exact) mass is 1380 g/mol. The molecule has 96 heavy (non-hydrogen) atoms. The molecule has 0 amide bonds. The van der Waals surface area contributed by atoms with Crippen LogP contribution >= 0.6 is 0 Å². The number of unbranched alkanes of at least 4 members (excludes halogenated alkanes) is 18. The largest absolute Gasteiger partial charge is 0.457 e. The lowest BCUT2D eigenvalue weighted by Gasteiger charge is -2.51. The summed E-state index contributed by atoms with van der Waals surface area (Å²) in [6, 6.07) is 0. The predicted octanol–water partition coefficient (Wildman–Crippen LogP) is 6.15. The smallest absolute Gasteiger partial charge is 0.306 e. The maximum absolute atomic E-state index is 14.4. The summed E-state index contributed by atoms with van der Waals surface area (Å²) in [5.41, 5.74) is 0. The van der Waals surface area contributed by atoms with Crippen LogP contribution in [0.3, 0.4) is 0 Å². The SMILES string of the molecule is CCCCCCCCCCCC(=O)OC1C(C)OC(OC2C(C)OC(OC3C(C)OC4OC5C(OC(CCCCC)CCCCCCCCCC(=O)OC4C3O)OC(CO)C(O)C5O)C(OC(=O)CCCCCCCCCCC)C2OC2OC(CO)C(O)C(O)C2O)C(O)C1O. The summed E-state index contributed by atoms with van der Waals surface area (Å²) in [5, 5.41) is 113. The average Bonchev–Trinajstić information content (AvgIpc) is 0.782. The molecule has 0 aromatic carbocycles. The van der Waals surface area contributed by atoms with Crippen molar-refractivity contribution in [3.05, 3.63) is 0 Å². The summed E-state index contributed by atoms with van der Waals surface area (Å²) in [6.45, 7) is 9.41. The quantitative estimate of drug-likeness (QED) is 0.0196. The Labute approximate surface area is 569 Å². The van der Waals surface area contributed by atoms with E-state index in [-0.39, 0.29) is 25.4 Å². The topological polar surface area (TPSA) is 374 Å². The molecule has 0 aromatic heterocycles. The van der Waals surface area contributed by atoms with Crippen molar-refractivity contribution in [3.8, 4) is 0 Å². The van der Waals surface area contributed by atoms with Gasteiger partial charge >= 0.3 is 17.9 Å². The molecule has 560 valence electrons. The van der Waals surface area contributed by atoms with Crippen molar-refractivity contribution >= 4 is 17.9 Å². The van der Waals surface area contributed by atoms with E-state index in [9.17, 15) is 65.4 Å². The van der Waals surface area contributed by atoms with Gasteiger partial charge in [0.15, 0.2) is 49.8 Å². The Balaban J connectivity index is 1.31. The highest BCUT2D eigenvalue weighted by Gasteiger charge is 2.59. The maximum Gasteiger partial charge on any atom is 0.306 e. The van der Waals surface area contributed by atoms with Gasteiger partial charge in [0.05, 0.1) is 37.6 Å². The molecule has 6 aliphatic rings. The molecule has 26 nitrogen and oxygen atoms in total. The fourth-order valence-electron chi connectivity index (χ4n) is 13.8. The van der Waals surface area contributed by atoms with Crippen LogP contribution in [0.1, 0.15) is 253 Å². The Morgan fingerprint density at radius 1 is 0.396 bits per heavy atom.